The molecule has 1 aliphatic rings. The summed E-state index contributed by atoms with van der Waals surface area (Å²) < 4.78 is 0. The minimum atomic E-state index is -1.08. The quantitative estimate of drug-likeness (QED) is 0.684. The van der Waals surface area contributed by atoms with Crippen LogP contribution >= 0.6 is 11.8 Å². The molecule has 1 saturated heterocycles. The summed E-state index contributed by atoms with van der Waals surface area (Å²) in [5.41, 5.74) is -0.0937. The molecule has 6 nitrogen and oxygen atoms in total. The molecule has 18 heavy (non-hydrogen) atoms. The van der Waals surface area contributed by atoms with Crippen molar-refractivity contribution in [1.82, 2.24) is 4.90 Å². The van der Waals surface area contributed by atoms with Gasteiger partial charge in [0, 0.05) is 5.75 Å². The van der Waals surface area contributed by atoms with Gasteiger partial charge in [-0.3, -0.25) is 4.79 Å². The molecule has 0 aromatic heterocycles. The maximum Gasteiger partial charge on any atom is 0.327 e. The molecule has 1 aliphatic heterocycles. The number of nitrogens with zero attached hydrogens (tertiary/aromatic N) is 1. The molecule has 1 amide bonds. The molecule has 0 spiro atoms. The first-order chi connectivity index (χ1) is 8.50. The monoisotopic (exact) mass is 269 g/mol. The topological polar surface area (TPSA) is 98.1 Å². The van der Waals surface area contributed by atoms with Gasteiger partial charge >= 0.3 is 5.97 Å². The number of benzene rings is 1. The van der Waals surface area contributed by atoms with Gasteiger partial charge in [-0.2, -0.15) is 0 Å². The highest BCUT2D eigenvalue weighted by Crippen LogP contribution is 2.28. The minimum absolute atomic E-state index is 0.0937. The van der Waals surface area contributed by atoms with Gasteiger partial charge in [0.05, 0.1) is 11.4 Å². The number of carbonyl (C=O) groups excluding carboxylic acids is 1. The van der Waals surface area contributed by atoms with Crippen LogP contribution in [0.4, 0.5) is 0 Å². The normalized spacial score (nSPS) is 18.9. The van der Waals surface area contributed by atoms with E-state index in [-0.39, 0.29) is 22.9 Å². The lowest BCUT2D eigenvalue weighted by Crippen LogP contribution is -2.41. The van der Waals surface area contributed by atoms with Gasteiger partial charge in [-0.05, 0) is 18.2 Å². The highest BCUT2D eigenvalue weighted by atomic mass is 32.2. The van der Waals surface area contributed by atoms with Crippen molar-refractivity contribution < 1.29 is 24.9 Å². The lowest BCUT2D eigenvalue weighted by atomic mass is 10.1. The van der Waals surface area contributed by atoms with Gasteiger partial charge in [0.2, 0.25) is 0 Å². The Morgan fingerprint density at radius 1 is 1.33 bits per heavy atom. The first kappa shape index (κ1) is 12.6. The van der Waals surface area contributed by atoms with Crippen LogP contribution in [0.5, 0.6) is 11.5 Å². The van der Waals surface area contributed by atoms with E-state index in [0.29, 0.717) is 5.75 Å². The van der Waals surface area contributed by atoms with Gasteiger partial charge in [0.1, 0.15) is 17.5 Å². The molecule has 3 N–H and O–H groups in total. The Bertz CT molecular complexity index is 504. The van der Waals surface area contributed by atoms with Gasteiger partial charge in [0.15, 0.2) is 0 Å². The minimum Gasteiger partial charge on any atom is -0.508 e. The largest absolute Gasteiger partial charge is 0.508 e. The number of carbonyl (C=O) groups is 2. The first-order valence-corrected chi connectivity index (χ1v) is 6.29. The molecule has 1 heterocycles. The first-order valence-electron chi connectivity index (χ1n) is 5.14. The second kappa shape index (κ2) is 4.77. The third kappa shape index (κ3) is 2.21. The van der Waals surface area contributed by atoms with Gasteiger partial charge in [-0.1, -0.05) is 0 Å². The Morgan fingerprint density at radius 2 is 2.06 bits per heavy atom. The number of phenolic OH excluding ortho intramolecular Hbond substituents is 2. The van der Waals surface area contributed by atoms with Gasteiger partial charge < -0.3 is 20.2 Å². The summed E-state index contributed by atoms with van der Waals surface area (Å²) in [4.78, 5) is 24.3. The summed E-state index contributed by atoms with van der Waals surface area (Å²) in [6.07, 6.45) is 0. The van der Waals surface area contributed by atoms with E-state index in [1.54, 1.807) is 0 Å². The van der Waals surface area contributed by atoms with Crippen LogP contribution in [0.25, 0.3) is 0 Å². The third-order valence-electron chi connectivity index (χ3n) is 2.64. The van der Waals surface area contributed by atoms with Crippen molar-refractivity contribution >= 4 is 23.6 Å². The zero-order chi connectivity index (χ0) is 13.3. The zero-order valence-corrected chi connectivity index (χ0v) is 10.1. The molecule has 1 atom stereocenters. The molecule has 0 radical (unpaired) electrons. The summed E-state index contributed by atoms with van der Waals surface area (Å²) in [5, 5.41) is 27.9. The molecular weight excluding hydrogens is 258 g/mol. The van der Waals surface area contributed by atoms with Crippen molar-refractivity contribution in [3.8, 4) is 11.5 Å². The van der Waals surface area contributed by atoms with Crippen molar-refractivity contribution in [2.45, 2.75) is 6.04 Å². The number of phenols is 2. The Kier molecular flexibility index (Phi) is 3.33. The van der Waals surface area contributed by atoms with Crippen molar-refractivity contribution in [2.24, 2.45) is 0 Å². The Morgan fingerprint density at radius 3 is 2.72 bits per heavy atom. The highest BCUT2D eigenvalue weighted by Gasteiger charge is 2.35. The Balaban J connectivity index is 2.31. The molecule has 0 aliphatic carbocycles. The number of carboxylic acids is 1. The van der Waals surface area contributed by atoms with Crippen LogP contribution in [-0.2, 0) is 4.79 Å². The summed E-state index contributed by atoms with van der Waals surface area (Å²) in [6.45, 7) is 0. The molecule has 7 heteroatoms. The number of hydrogen-bond donors (Lipinski definition) is 3. The lowest BCUT2D eigenvalue weighted by molar-refractivity contribution is -0.140. The van der Waals surface area contributed by atoms with Crippen molar-refractivity contribution in [3.63, 3.8) is 0 Å². The van der Waals surface area contributed by atoms with Crippen LogP contribution in [-0.4, -0.2) is 49.8 Å². The molecular formula is C11H11NO5S. The van der Waals surface area contributed by atoms with Crippen LogP contribution in [0.3, 0.4) is 0 Å². The number of carboxylic acid groups (broad SMARTS) is 1. The highest BCUT2D eigenvalue weighted by molar-refractivity contribution is 7.99. The molecule has 1 fully saturated rings. The predicted octanol–water partition coefficient (Wildman–Crippen LogP) is 0.697. The van der Waals surface area contributed by atoms with E-state index in [1.807, 2.05) is 0 Å². The summed E-state index contributed by atoms with van der Waals surface area (Å²) in [5.74, 6) is -1.53. The molecule has 96 valence electrons. The fourth-order valence-corrected chi connectivity index (χ4v) is 2.84. The molecule has 2 rings (SSSR count). The number of aliphatic carboxylic acids is 1. The zero-order valence-electron chi connectivity index (χ0n) is 9.24. The van der Waals surface area contributed by atoms with Crippen LogP contribution < -0.4 is 0 Å². The molecule has 1 aromatic rings. The third-order valence-corrected chi connectivity index (χ3v) is 3.65. The van der Waals surface area contributed by atoms with Crippen LogP contribution in [0.2, 0.25) is 0 Å². The maximum atomic E-state index is 12.1. The number of amides is 1. The van der Waals surface area contributed by atoms with E-state index < -0.39 is 17.9 Å². The summed E-state index contributed by atoms with van der Waals surface area (Å²) in [6, 6.07) is 2.67. The van der Waals surface area contributed by atoms with E-state index in [9.17, 15) is 19.8 Å². The van der Waals surface area contributed by atoms with Gasteiger partial charge in [-0.15, -0.1) is 11.8 Å². The number of hydrogen-bond acceptors (Lipinski definition) is 5. The SMILES string of the molecule is O=C(O)[C@@H]1CSCN1C(=O)c1cc(O)ccc1O. The van der Waals surface area contributed by atoms with Crippen LogP contribution in [0.1, 0.15) is 10.4 Å². The fraction of sp³-hybridized carbons (Fsp3) is 0.273. The van der Waals surface area contributed by atoms with E-state index >= 15 is 0 Å². The second-order valence-electron chi connectivity index (χ2n) is 3.83. The van der Waals surface area contributed by atoms with Crippen LogP contribution in [0, 0.1) is 0 Å². The van der Waals surface area contributed by atoms with Crippen molar-refractivity contribution in [3.05, 3.63) is 23.8 Å². The Labute approximate surface area is 107 Å². The van der Waals surface area contributed by atoms with Crippen molar-refractivity contribution in [2.75, 3.05) is 11.6 Å². The van der Waals surface area contributed by atoms with E-state index in [2.05, 4.69) is 0 Å². The fourth-order valence-electron chi connectivity index (χ4n) is 1.70. The smallest absolute Gasteiger partial charge is 0.327 e. The maximum absolute atomic E-state index is 12.1. The van der Waals surface area contributed by atoms with E-state index in [4.69, 9.17) is 5.11 Å². The molecule has 0 saturated carbocycles. The summed E-state index contributed by atoms with van der Waals surface area (Å²) in [7, 11) is 0. The van der Waals surface area contributed by atoms with E-state index in [0.717, 1.165) is 6.07 Å². The predicted molar refractivity (Wildman–Crippen MR) is 64.7 cm³/mol. The van der Waals surface area contributed by atoms with Crippen molar-refractivity contribution in [1.29, 1.82) is 0 Å². The van der Waals surface area contributed by atoms with Gasteiger partial charge in [-0.25, -0.2) is 4.79 Å². The number of thioether (sulfide) groups is 1. The van der Waals surface area contributed by atoms with Crippen LogP contribution in [0.15, 0.2) is 18.2 Å². The second-order valence-corrected chi connectivity index (χ2v) is 4.83. The van der Waals surface area contributed by atoms with Gasteiger partial charge in [0.25, 0.3) is 5.91 Å². The summed E-state index contributed by atoms with van der Waals surface area (Å²) >= 11 is 1.33. The number of aromatic hydroxyl groups is 2. The molecule has 0 bridgehead atoms. The lowest BCUT2D eigenvalue weighted by Gasteiger charge is -2.20. The van der Waals surface area contributed by atoms with E-state index in [1.165, 1.54) is 28.8 Å². The standard InChI is InChI=1S/C11H11NO5S/c13-6-1-2-9(14)7(3-6)10(15)12-5-18-4-8(12)11(16)17/h1-3,8,13-14H,4-5H2,(H,16,17)/t8-/m0/s1. The average molecular weight is 269 g/mol. The molecule has 0 unspecified atom stereocenters. The average Bonchev–Trinajstić information content (AvgIpc) is 2.80. The number of rotatable bonds is 2. The Hall–Kier alpha value is -1.89. The molecule has 1 aromatic carbocycles.